The van der Waals surface area contributed by atoms with Gasteiger partial charge in [-0.25, -0.2) is 0 Å². The molecule has 0 N–H and O–H groups in total. The van der Waals surface area contributed by atoms with Gasteiger partial charge in [0.05, 0.1) is 25.4 Å². The van der Waals surface area contributed by atoms with Crippen LogP contribution in [-0.2, 0) is 18.1 Å². The molecular formula is C42H32O6P2. The van der Waals surface area contributed by atoms with Crippen LogP contribution in [0.2, 0.25) is 0 Å². The van der Waals surface area contributed by atoms with Gasteiger partial charge in [0.1, 0.15) is 11.5 Å². The lowest BCUT2D eigenvalue weighted by Gasteiger charge is -2.29. The molecule has 6 aromatic rings. The Kier molecular flexibility index (Phi) is 7.76. The van der Waals surface area contributed by atoms with Gasteiger partial charge in [0.25, 0.3) is 0 Å². The van der Waals surface area contributed by atoms with Gasteiger partial charge < -0.3 is 18.1 Å². The Bertz CT molecular complexity index is 2160. The molecule has 0 fully saturated rings. The van der Waals surface area contributed by atoms with Gasteiger partial charge in [-0.3, -0.25) is 9.05 Å². The normalized spacial score (nSPS) is 24.3. The summed E-state index contributed by atoms with van der Waals surface area (Å²) in [6.07, 6.45) is 8.05. The molecule has 0 bridgehead atoms. The van der Waals surface area contributed by atoms with Crippen LogP contribution in [0.1, 0.15) is 45.2 Å². The Hall–Kier alpha value is -4.38. The number of benzene rings is 6. The van der Waals surface area contributed by atoms with E-state index >= 15 is 0 Å². The third-order valence-electron chi connectivity index (χ3n) is 9.97. The third-order valence-corrected chi connectivity index (χ3v) is 12.3. The molecule has 50 heavy (non-hydrogen) atoms. The van der Waals surface area contributed by atoms with E-state index in [1.807, 2.05) is 12.1 Å². The highest BCUT2D eigenvalue weighted by Crippen LogP contribution is 2.57. The van der Waals surface area contributed by atoms with Crippen LogP contribution in [-0.4, -0.2) is 25.4 Å². The number of rotatable bonds is 5. The lowest BCUT2D eigenvalue weighted by molar-refractivity contribution is 0.131. The van der Waals surface area contributed by atoms with Crippen LogP contribution in [0.25, 0.3) is 33.7 Å². The van der Waals surface area contributed by atoms with Crippen molar-refractivity contribution in [1.29, 1.82) is 0 Å². The molecule has 8 heteroatoms. The Morgan fingerprint density at radius 2 is 0.920 bits per heavy atom. The quantitative estimate of drug-likeness (QED) is 0.132. The van der Waals surface area contributed by atoms with Crippen LogP contribution in [0, 0.1) is 0 Å². The molecular weight excluding hydrogens is 662 g/mol. The first-order chi connectivity index (χ1) is 24.8. The van der Waals surface area contributed by atoms with Crippen molar-refractivity contribution in [3.63, 3.8) is 0 Å². The minimum absolute atomic E-state index is 0.0290. The average molecular weight is 695 g/mol. The van der Waals surface area contributed by atoms with E-state index in [9.17, 15) is 0 Å². The first kappa shape index (κ1) is 30.4. The van der Waals surface area contributed by atoms with E-state index in [2.05, 4.69) is 133 Å². The summed E-state index contributed by atoms with van der Waals surface area (Å²) in [5.41, 5.74) is 7.07. The van der Waals surface area contributed by atoms with Crippen LogP contribution in [0.4, 0.5) is 0 Å². The first-order valence-electron chi connectivity index (χ1n) is 16.9. The summed E-state index contributed by atoms with van der Waals surface area (Å²) in [4.78, 5) is 0. The van der Waals surface area contributed by atoms with E-state index in [0.29, 0.717) is 0 Å². The van der Waals surface area contributed by atoms with Crippen LogP contribution < -0.4 is 9.05 Å². The molecule has 2 aliphatic carbocycles. The maximum absolute atomic E-state index is 6.62. The Morgan fingerprint density at radius 3 is 1.42 bits per heavy atom. The first-order valence-corrected chi connectivity index (χ1v) is 19.1. The van der Waals surface area contributed by atoms with Gasteiger partial charge in [-0.15, -0.1) is 0 Å². The van der Waals surface area contributed by atoms with Crippen molar-refractivity contribution >= 4 is 50.9 Å². The van der Waals surface area contributed by atoms with Crippen molar-refractivity contribution in [1.82, 2.24) is 0 Å². The van der Waals surface area contributed by atoms with E-state index in [4.69, 9.17) is 27.1 Å². The van der Waals surface area contributed by atoms with E-state index in [0.717, 1.165) is 33.4 Å². The second-order valence-electron chi connectivity index (χ2n) is 12.8. The highest BCUT2D eigenvalue weighted by atomic mass is 31.2. The van der Waals surface area contributed by atoms with E-state index in [-0.39, 0.29) is 37.3 Å². The minimum atomic E-state index is -1.73. The van der Waals surface area contributed by atoms with E-state index < -0.39 is 17.2 Å². The maximum atomic E-state index is 6.62. The molecule has 0 saturated heterocycles. The SMILES string of the molecule is C1=CC2OP(OCCOP3Oc4ccc5ccccc5c4C4c5ccccc5C=CC4O3)Oc3ccc4ccccc4c3C2c2ccccc21. The van der Waals surface area contributed by atoms with Crippen LogP contribution in [0.3, 0.4) is 0 Å². The van der Waals surface area contributed by atoms with Crippen LogP contribution in [0.5, 0.6) is 11.5 Å². The van der Waals surface area contributed by atoms with Crippen molar-refractivity contribution in [2.75, 3.05) is 13.2 Å². The van der Waals surface area contributed by atoms with Gasteiger partial charge in [0.2, 0.25) is 0 Å². The topological polar surface area (TPSA) is 55.4 Å². The smallest absolute Gasteiger partial charge is 0.397 e. The summed E-state index contributed by atoms with van der Waals surface area (Å²) < 4.78 is 39.0. The molecule has 6 atom stereocenters. The highest BCUT2D eigenvalue weighted by Gasteiger charge is 2.40. The van der Waals surface area contributed by atoms with E-state index in [1.165, 1.54) is 33.0 Å². The number of hydrogen-bond donors (Lipinski definition) is 0. The zero-order valence-electron chi connectivity index (χ0n) is 26.9. The molecule has 0 amide bonds. The molecule has 0 saturated carbocycles. The van der Waals surface area contributed by atoms with Crippen LogP contribution in [0.15, 0.2) is 133 Å². The fourth-order valence-electron chi connectivity index (χ4n) is 7.79. The summed E-state index contributed by atoms with van der Waals surface area (Å²) in [5, 5.41) is 4.65. The summed E-state index contributed by atoms with van der Waals surface area (Å²) >= 11 is 0. The third kappa shape index (κ3) is 5.27. The lowest BCUT2D eigenvalue weighted by atomic mass is 9.78. The zero-order chi connectivity index (χ0) is 33.0. The van der Waals surface area contributed by atoms with Gasteiger partial charge in [0.15, 0.2) is 0 Å². The molecule has 0 aromatic heterocycles. The summed E-state index contributed by atoms with van der Waals surface area (Å²) in [7, 11) is -3.46. The molecule has 10 rings (SSSR count). The maximum Gasteiger partial charge on any atom is 0.397 e. The van der Waals surface area contributed by atoms with Gasteiger partial charge in [0, 0.05) is 23.0 Å². The Labute approximate surface area is 292 Å². The molecule has 246 valence electrons. The molecule has 4 aliphatic rings. The molecule has 0 spiro atoms. The predicted molar refractivity (Wildman–Crippen MR) is 199 cm³/mol. The standard InChI is InChI=1S/C42H32O6P2/c1-5-13-31-27(9-1)17-21-35-39(31)40-32-14-6-2-10-28(32)18-22-36(40)46-49(45-35)43-25-26-44-50-47-37-23-19-29-11-3-7-15-33(29)41(37)42-34-16-8-4-12-30(34)20-24-38(42)48-50/h1-24,35,37,39,41H,25-26H2. The van der Waals surface area contributed by atoms with Crippen LogP contribution >= 0.6 is 17.2 Å². The molecule has 0 radical (unpaired) electrons. The number of fused-ring (bicyclic) bond motifs is 14. The van der Waals surface area contributed by atoms with Gasteiger partial charge in [-0.05, 0) is 55.9 Å². The van der Waals surface area contributed by atoms with Crippen molar-refractivity contribution < 1.29 is 27.1 Å². The van der Waals surface area contributed by atoms with Crippen molar-refractivity contribution in [2.24, 2.45) is 0 Å². The predicted octanol–water partition coefficient (Wildman–Crippen LogP) is 11.1. The second kappa shape index (κ2) is 12.7. The summed E-state index contributed by atoms with van der Waals surface area (Å²) in [5.74, 6) is 1.51. The monoisotopic (exact) mass is 694 g/mol. The minimum Gasteiger partial charge on any atom is -0.426 e. The zero-order valence-corrected chi connectivity index (χ0v) is 28.7. The summed E-state index contributed by atoms with van der Waals surface area (Å²) in [6, 6.07) is 42.2. The molecule has 2 heterocycles. The molecule has 2 aliphatic heterocycles. The fraction of sp³-hybridized carbons (Fsp3) is 0.143. The fourth-order valence-corrected chi connectivity index (χ4v) is 9.97. The highest BCUT2D eigenvalue weighted by molar-refractivity contribution is 7.42. The molecule has 6 unspecified atom stereocenters. The average Bonchev–Trinajstić information content (AvgIpc) is 3.44. The number of hydrogen-bond acceptors (Lipinski definition) is 6. The van der Waals surface area contributed by atoms with Crippen molar-refractivity contribution in [3.8, 4) is 11.5 Å². The van der Waals surface area contributed by atoms with Crippen molar-refractivity contribution in [3.05, 3.63) is 167 Å². The van der Waals surface area contributed by atoms with Gasteiger partial charge >= 0.3 is 17.2 Å². The van der Waals surface area contributed by atoms with E-state index in [1.54, 1.807) is 0 Å². The Balaban J connectivity index is 0.901. The van der Waals surface area contributed by atoms with Gasteiger partial charge in [-0.1, -0.05) is 133 Å². The lowest BCUT2D eigenvalue weighted by Crippen LogP contribution is -2.22. The largest absolute Gasteiger partial charge is 0.426 e. The second-order valence-corrected chi connectivity index (χ2v) is 15.0. The molecule has 6 nitrogen and oxygen atoms in total. The molecule has 6 aromatic carbocycles. The van der Waals surface area contributed by atoms with Crippen molar-refractivity contribution in [2.45, 2.75) is 24.0 Å². The Morgan fingerprint density at radius 1 is 0.480 bits per heavy atom. The summed E-state index contributed by atoms with van der Waals surface area (Å²) in [6.45, 7) is 0.490. The van der Waals surface area contributed by atoms with Gasteiger partial charge in [-0.2, -0.15) is 0 Å².